The van der Waals surface area contributed by atoms with Crippen LogP contribution in [-0.2, 0) is 4.79 Å². The van der Waals surface area contributed by atoms with E-state index in [0.717, 1.165) is 45.8 Å². The third-order valence-electron chi connectivity index (χ3n) is 4.99. The number of anilines is 2. The molecule has 10 heteroatoms. The summed E-state index contributed by atoms with van der Waals surface area (Å²) in [7, 11) is 0. The molecule has 1 saturated heterocycles. The molecule has 0 bridgehead atoms. The van der Waals surface area contributed by atoms with Crippen molar-refractivity contribution in [2.75, 3.05) is 23.3 Å². The van der Waals surface area contributed by atoms with Crippen molar-refractivity contribution in [2.24, 2.45) is 5.92 Å². The molecule has 1 aliphatic heterocycles. The lowest BCUT2D eigenvalue weighted by Crippen LogP contribution is -2.52. The third kappa shape index (κ3) is 3.21. The number of hydrogen-bond donors (Lipinski definition) is 1. The SMILES string of the molecule is Cc1cc(C)n(-c2cc(N3CC(C(=O)Nc4cccc5nsnc45)C3)ncn2)n1. The van der Waals surface area contributed by atoms with Gasteiger partial charge in [-0.05, 0) is 32.0 Å². The van der Waals surface area contributed by atoms with Crippen molar-refractivity contribution in [3.8, 4) is 5.82 Å². The normalized spacial score (nSPS) is 14.2. The molecule has 29 heavy (non-hydrogen) atoms. The molecule has 3 aromatic heterocycles. The fraction of sp³-hybridized carbons (Fsp3) is 0.263. The number of fused-ring (bicyclic) bond motifs is 1. The third-order valence-corrected chi connectivity index (χ3v) is 5.53. The topological polar surface area (TPSA) is 102 Å². The molecule has 0 unspecified atom stereocenters. The van der Waals surface area contributed by atoms with E-state index < -0.39 is 0 Å². The highest BCUT2D eigenvalue weighted by molar-refractivity contribution is 7.00. The highest BCUT2D eigenvalue weighted by atomic mass is 32.1. The van der Waals surface area contributed by atoms with E-state index in [-0.39, 0.29) is 11.8 Å². The van der Waals surface area contributed by atoms with Crippen LogP contribution in [0.2, 0.25) is 0 Å². The number of rotatable bonds is 4. The van der Waals surface area contributed by atoms with E-state index in [1.54, 1.807) is 4.68 Å². The lowest BCUT2D eigenvalue weighted by Gasteiger charge is -2.39. The molecule has 0 aliphatic carbocycles. The van der Waals surface area contributed by atoms with Crippen molar-refractivity contribution >= 4 is 40.2 Å². The van der Waals surface area contributed by atoms with Gasteiger partial charge in [-0.3, -0.25) is 4.79 Å². The van der Waals surface area contributed by atoms with Crippen LogP contribution in [0.1, 0.15) is 11.4 Å². The predicted molar refractivity (Wildman–Crippen MR) is 110 cm³/mol. The lowest BCUT2D eigenvalue weighted by molar-refractivity contribution is -0.120. The van der Waals surface area contributed by atoms with Gasteiger partial charge in [0.05, 0.1) is 29.0 Å². The van der Waals surface area contributed by atoms with Crippen molar-refractivity contribution in [3.63, 3.8) is 0 Å². The van der Waals surface area contributed by atoms with Gasteiger partial charge in [-0.15, -0.1) is 0 Å². The molecule has 0 saturated carbocycles. The van der Waals surface area contributed by atoms with Crippen LogP contribution in [0, 0.1) is 19.8 Å². The quantitative estimate of drug-likeness (QED) is 0.555. The molecule has 1 aliphatic rings. The van der Waals surface area contributed by atoms with Crippen LogP contribution in [0.25, 0.3) is 16.9 Å². The van der Waals surface area contributed by atoms with Crippen LogP contribution in [0.4, 0.5) is 11.5 Å². The van der Waals surface area contributed by atoms with Gasteiger partial charge < -0.3 is 10.2 Å². The Bertz CT molecular complexity index is 1210. The number of carbonyl (C=O) groups is 1. The Morgan fingerprint density at radius 1 is 1.14 bits per heavy atom. The van der Waals surface area contributed by atoms with Crippen molar-refractivity contribution in [1.29, 1.82) is 0 Å². The number of nitrogens with zero attached hydrogens (tertiary/aromatic N) is 7. The monoisotopic (exact) mass is 406 g/mol. The number of amides is 1. The maximum atomic E-state index is 12.6. The number of aryl methyl sites for hydroxylation is 2. The second-order valence-electron chi connectivity index (χ2n) is 7.10. The minimum absolute atomic E-state index is 0.0189. The second-order valence-corrected chi connectivity index (χ2v) is 7.63. The minimum atomic E-state index is -0.107. The molecule has 0 atom stereocenters. The standard InChI is InChI=1S/C19H18N8OS/c1-11-6-12(2)27(23-11)17-7-16(20-10-21-17)26-8-13(9-26)19(28)22-14-4-3-5-15-18(14)25-29-24-15/h3-7,10,13H,8-9H2,1-2H3,(H,22,28). The zero-order valence-corrected chi connectivity index (χ0v) is 16.7. The fourth-order valence-electron chi connectivity index (χ4n) is 3.46. The molecule has 5 rings (SSSR count). The van der Waals surface area contributed by atoms with Gasteiger partial charge in [-0.25, -0.2) is 14.6 Å². The largest absolute Gasteiger partial charge is 0.355 e. The zero-order valence-electron chi connectivity index (χ0n) is 15.9. The van der Waals surface area contributed by atoms with E-state index in [9.17, 15) is 4.79 Å². The Morgan fingerprint density at radius 3 is 2.76 bits per heavy atom. The van der Waals surface area contributed by atoms with Gasteiger partial charge >= 0.3 is 0 Å². The fourth-order valence-corrected chi connectivity index (χ4v) is 4.01. The van der Waals surface area contributed by atoms with Crippen LogP contribution in [0.5, 0.6) is 0 Å². The number of nitrogens with one attached hydrogen (secondary N) is 1. The molecule has 1 N–H and O–H groups in total. The Hall–Kier alpha value is -3.40. The van der Waals surface area contributed by atoms with Crippen molar-refractivity contribution in [1.82, 2.24) is 28.5 Å². The van der Waals surface area contributed by atoms with E-state index in [2.05, 4.69) is 34.0 Å². The molecule has 146 valence electrons. The second kappa shape index (κ2) is 6.89. The molecule has 4 aromatic rings. The van der Waals surface area contributed by atoms with E-state index >= 15 is 0 Å². The summed E-state index contributed by atoms with van der Waals surface area (Å²) in [5.41, 5.74) is 4.18. The molecular formula is C19H18N8OS. The smallest absolute Gasteiger partial charge is 0.231 e. The van der Waals surface area contributed by atoms with Gasteiger partial charge in [0.2, 0.25) is 5.91 Å². The van der Waals surface area contributed by atoms with Crippen molar-refractivity contribution in [2.45, 2.75) is 13.8 Å². The summed E-state index contributed by atoms with van der Waals surface area (Å²) in [6.07, 6.45) is 1.53. The Balaban J connectivity index is 1.27. The molecule has 9 nitrogen and oxygen atoms in total. The highest BCUT2D eigenvalue weighted by Crippen LogP contribution is 2.27. The Morgan fingerprint density at radius 2 is 1.97 bits per heavy atom. The summed E-state index contributed by atoms with van der Waals surface area (Å²) in [6.45, 7) is 5.14. The van der Waals surface area contributed by atoms with Crippen LogP contribution in [0.15, 0.2) is 36.7 Å². The van der Waals surface area contributed by atoms with E-state index in [0.29, 0.717) is 18.8 Å². The Kier molecular flexibility index (Phi) is 4.20. The van der Waals surface area contributed by atoms with Gasteiger partial charge in [0, 0.05) is 24.8 Å². The van der Waals surface area contributed by atoms with E-state index in [1.807, 2.05) is 44.2 Å². The number of carbonyl (C=O) groups excluding carboxylic acids is 1. The Labute approximate surface area is 170 Å². The first-order chi connectivity index (χ1) is 14.1. The highest BCUT2D eigenvalue weighted by Gasteiger charge is 2.34. The molecular weight excluding hydrogens is 388 g/mol. The number of benzene rings is 1. The summed E-state index contributed by atoms with van der Waals surface area (Å²) < 4.78 is 10.3. The molecule has 0 spiro atoms. The van der Waals surface area contributed by atoms with Crippen LogP contribution in [0.3, 0.4) is 0 Å². The van der Waals surface area contributed by atoms with Crippen molar-refractivity contribution < 1.29 is 4.79 Å². The van der Waals surface area contributed by atoms with Crippen molar-refractivity contribution in [3.05, 3.63) is 48.0 Å². The summed E-state index contributed by atoms with van der Waals surface area (Å²) in [6, 6.07) is 9.51. The summed E-state index contributed by atoms with van der Waals surface area (Å²) >= 11 is 1.14. The van der Waals surface area contributed by atoms with Crippen LogP contribution in [-0.4, -0.2) is 47.5 Å². The first-order valence-corrected chi connectivity index (χ1v) is 9.94. The summed E-state index contributed by atoms with van der Waals surface area (Å²) in [5, 5.41) is 7.45. The average Bonchev–Trinajstić information content (AvgIpc) is 3.27. The number of hydrogen-bond acceptors (Lipinski definition) is 8. The summed E-state index contributed by atoms with van der Waals surface area (Å²) in [5.74, 6) is 1.38. The van der Waals surface area contributed by atoms with Gasteiger partial charge in [0.15, 0.2) is 5.82 Å². The molecule has 1 fully saturated rings. The van der Waals surface area contributed by atoms with Gasteiger partial charge in [-0.2, -0.15) is 13.8 Å². The van der Waals surface area contributed by atoms with Crippen LogP contribution >= 0.6 is 11.7 Å². The number of aromatic nitrogens is 6. The van der Waals surface area contributed by atoms with Crippen LogP contribution < -0.4 is 10.2 Å². The predicted octanol–water partition coefficient (Wildman–Crippen LogP) is 2.36. The summed E-state index contributed by atoms with van der Waals surface area (Å²) in [4.78, 5) is 23.4. The minimum Gasteiger partial charge on any atom is -0.355 e. The molecule has 4 heterocycles. The zero-order chi connectivity index (χ0) is 20.0. The van der Waals surface area contributed by atoms with Gasteiger partial charge in [0.1, 0.15) is 23.2 Å². The van der Waals surface area contributed by atoms with Gasteiger partial charge in [-0.1, -0.05) is 6.07 Å². The maximum Gasteiger partial charge on any atom is 0.231 e. The molecule has 1 aromatic carbocycles. The first-order valence-electron chi connectivity index (χ1n) is 9.21. The first kappa shape index (κ1) is 17.7. The van der Waals surface area contributed by atoms with E-state index in [1.165, 1.54) is 6.33 Å². The maximum absolute atomic E-state index is 12.6. The average molecular weight is 406 g/mol. The molecule has 1 amide bonds. The lowest BCUT2D eigenvalue weighted by atomic mass is 9.99. The molecule has 0 radical (unpaired) electrons. The van der Waals surface area contributed by atoms with E-state index in [4.69, 9.17) is 0 Å². The van der Waals surface area contributed by atoms with Gasteiger partial charge in [0.25, 0.3) is 0 Å².